The highest BCUT2D eigenvalue weighted by Crippen LogP contribution is 2.19. The number of carbonyl (C=O) groups is 1. The zero-order valence-corrected chi connectivity index (χ0v) is 9.83. The molecule has 0 bridgehead atoms. The number of benzene rings is 1. The van der Waals surface area contributed by atoms with Crippen LogP contribution in [-0.4, -0.2) is 27.5 Å². The monoisotopic (exact) mass is 247 g/mol. The molecule has 6 nitrogen and oxygen atoms in total. The van der Waals surface area contributed by atoms with E-state index in [0.717, 1.165) is 0 Å². The van der Waals surface area contributed by atoms with E-state index in [-0.39, 0.29) is 11.3 Å². The van der Waals surface area contributed by atoms with Crippen LogP contribution in [0.1, 0.15) is 17.3 Å². The standard InChI is InChI=1S/C12H13N3O3/c1-2-18-9-6-14-15(7-9)8-3-4-11(13)10(5-8)12(16)17/h3-7H,2,13H2,1H3,(H,16,17). The molecule has 1 heterocycles. The Balaban J connectivity index is 2.38. The first-order chi connectivity index (χ1) is 8.61. The molecule has 0 fully saturated rings. The Morgan fingerprint density at radius 1 is 1.56 bits per heavy atom. The molecule has 0 spiro atoms. The predicted octanol–water partition coefficient (Wildman–Crippen LogP) is 1.55. The van der Waals surface area contributed by atoms with Crippen LogP contribution in [0.4, 0.5) is 5.69 Å². The molecule has 0 amide bonds. The van der Waals surface area contributed by atoms with Gasteiger partial charge in [-0.15, -0.1) is 0 Å². The van der Waals surface area contributed by atoms with Crippen molar-refractivity contribution in [1.82, 2.24) is 9.78 Å². The van der Waals surface area contributed by atoms with E-state index in [1.807, 2.05) is 6.92 Å². The van der Waals surface area contributed by atoms with Crippen LogP contribution in [0.25, 0.3) is 5.69 Å². The second-order valence-electron chi connectivity index (χ2n) is 3.63. The van der Waals surface area contributed by atoms with Gasteiger partial charge in [-0.25, -0.2) is 9.48 Å². The van der Waals surface area contributed by atoms with Crippen LogP contribution in [0.15, 0.2) is 30.6 Å². The van der Waals surface area contributed by atoms with E-state index in [4.69, 9.17) is 15.6 Å². The zero-order chi connectivity index (χ0) is 13.1. The van der Waals surface area contributed by atoms with Gasteiger partial charge >= 0.3 is 5.97 Å². The molecule has 1 aromatic carbocycles. The predicted molar refractivity (Wildman–Crippen MR) is 66.1 cm³/mol. The Morgan fingerprint density at radius 2 is 2.33 bits per heavy atom. The summed E-state index contributed by atoms with van der Waals surface area (Å²) in [4.78, 5) is 11.0. The summed E-state index contributed by atoms with van der Waals surface area (Å²) in [5, 5.41) is 13.1. The Morgan fingerprint density at radius 3 is 3.00 bits per heavy atom. The number of nitrogens with two attached hydrogens (primary N) is 1. The first-order valence-corrected chi connectivity index (χ1v) is 5.42. The summed E-state index contributed by atoms with van der Waals surface area (Å²) < 4.78 is 6.82. The summed E-state index contributed by atoms with van der Waals surface area (Å²) >= 11 is 0. The van der Waals surface area contributed by atoms with Gasteiger partial charge in [-0.05, 0) is 25.1 Å². The SMILES string of the molecule is CCOc1cnn(-c2ccc(N)c(C(=O)O)c2)c1. The van der Waals surface area contributed by atoms with E-state index in [1.165, 1.54) is 10.7 Å². The van der Waals surface area contributed by atoms with Gasteiger partial charge in [-0.1, -0.05) is 0 Å². The lowest BCUT2D eigenvalue weighted by atomic mass is 10.1. The fourth-order valence-corrected chi connectivity index (χ4v) is 1.56. The normalized spacial score (nSPS) is 10.3. The highest BCUT2D eigenvalue weighted by Gasteiger charge is 2.10. The molecule has 0 radical (unpaired) electrons. The van der Waals surface area contributed by atoms with Crippen LogP contribution in [0, 0.1) is 0 Å². The number of aromatic carboxylic acids is 1. The molecule has 0 aliphatic heterocycles. The van der Waals surface area contributed by atoms with Crippen LogP contribution in [0.3, 0.4) is 0 Å². The molecule has 0 aliphatic rings. The van der Waals surface area contributed by atoms with Crippen molar-refractivity contribution in [3.63, 3.8) is 0 Å². The molecule has 6 heteroatoms. The van der Waals surface area contributed by atoms with Crippen LogP contribution in [0.2, 0.25) is 0 Å². The second-order valence-corrected chi connectivity index (χ2v) is 3.63. The maximum Gasteiger partial charge on any atom is 0.337 e. The molecular formula is C12H13N3O3. The van der Waals surface area contributed by atoms with Crippen LogP contribution >= 0.6 is 0 Å². The highest BCUT2D eigenvalue weighted by molar-refractivity contribution is 5.94. The lowest BCUT2D eigenvalue weighted by Gasteiger charge is -2.05. The second kappa shape index (κ2) is 4.79. The lowest BCUT2D eigenvalue weighted by molar-refractivity contribution is 0.0698. The van der Waals surface area contributed by atoms with Crippen molar-refractivity contribution in [2.45, 2.75) is 6.92 Å². The first-order valence-electron chi connectivity index (χ1n) is 5.42. The molecule has 1 aromatic heterocycles. The fraction of sp³-hybridized carbons (Fsp3) is 0.167. The first kappa shape index (κ1) is 12.0. The fourth-order valence-electron chi connectivity index (χ4n) is 1.56. The third kappa shape index (κ3) is 2.27. The number of nitrogens with zero attached hydrogens (tertiary/aromatic N) is 2. The molecule has 2 rings (SSSR count). The largest absolute Gasteiger partial charge is 0.491 e. The van der Waals surface area contributed by atoms with Gasteiger partial charge in [0, 0.05) is 5.69 Å². The molecular weight excluding hydrogens is 234 g/mol. The molecule has 94 valence electrons. The van der Waals surface area contributed by atoms with Crippen LogP contribution in [-0.2, 0) is 0 Å². The number of anilines is 1. The summed E-state index contributed by atoms with van der Waals surface area (Å²) in [6.45, 7) is 2.43. The number of aromatic nitrogens is 2. The van der Waals surface area contributed by atoms with E-state index in [2.05, 4.69) is 5.10 Å². The van der Waals surface area contributed by atoms with Crippen molar-refractivity contribution in [3.8, 4) is 11.4 Å². The highest BCUT2D eigenvalue weighted by atomic mass is 16.5. The van der Waals surface area contributed by atoms with Gasteiger partial charge in [0.1, 0.15) is 0 Å². The van der Waals surface area contributed by atoms with Crippen molar-refractivity contribution in [2.24, 2.45) is 0 Å². The minimum Gasteiger partial charge on any atom is -0.491 e. The molecule has 0 unspecified atom stereocenters. The Hall–Kier alpha value is -2.50. The summed E-state index contributed by atoms with van der Waals surface area (Å²) in [7, 11) is 0. The van der Waals surface area contributed by atoms with Crippen molar-refractivity contribution < 1.29 is 14.6 Å². The third-order valence-electron chi connectivity index (χ3n) is 2.40. The van der Waals surface area contributed by atoms with Gasteiger partial charge in [0.15, 0.2) is 5.75 Å². The molecule has 18 heavy (non-hydrogen) atoms. The average molecular weight is 247 g/mol. The maximum absolute atomic E-state index is 11.0. The van der Waals surface area contributed by atoms with E-state index in [1.54, 1.807) is 24.5 Å². The van der Waals surface area contributed by atoms with Crippen molar-refractivity contribution >= 4 is 11.7 Å². The summed E-state index contributed by atoms with van der Waals surface area (Å²) in [5.41, 5.74) is 6.49. The van der Waals surface area contributed by atoms with Gasteiger partial charge in [0.05, 0.1) is 30.3 Å². The number of nitrogen functional groups attached to an aromatic ring is 1. The zero-order valence-electron chi connectivity index (χ0n) is 9.83. The number of hydrogen-bond donors (Lipinski definition) is 2. The van der Waals surface area contributed by atoms with E-state index >= 15 is 0 Å². The molecule has 2 aromatic rings. The number of hydrogen-bond acceptors (Lipinski definition) is 4. The number of rotatable bonds is 4. The summed E-state index contributed by atoms with van der Waals surface area (Å²) in [6.07, 6.45) is 3.25. The minimum atomic E-state index is -1.06. The smallest absolute Gasteiger partial charge is 0.337 e. The van der Waals surface area contributed by atoms with E-state index < -0.39 is 5.97 Å². The lowest BCUT2D eigenvalue weighted by Crippen LogP contribution is -2.04. The summed E-state index contributed by atoms with van der Waals surface area (Å²) in [5.74, 6) is -0.433. The van der Waals surface area contributed by atoms with Crippen molar-refractivity contribution in [1.29, 1.82) is 0 Å². The molecule has 3 N–H and O–H groups in total. The maximum atomic E-state index is 11.0. The molecule has 0 saturated heterocycles. The van der Waals surface area contributed by atoms with E-state index in [9.17, 15) is 4.79 Å². The van der Waals surface area contributed by atoms with Crippen molar-refractivity contribution in [3.05, 3.63) is 36.2 Å². The third-order valence-corrected chi connectivity index (χ3v) is 2.40. The topological polar surface area (TPSA) is 90.4 Å². The van der Waals surface area contributed by atoms with Crippen molar-refractivity contribution in [2.75, 3.05) is 12.3 Å². The van der Waals surface area contributed by atoms with Gasteiger partial charge in [0.25, 0.3) is 0 Å². The van der Waals surface area contributed by atoms with E-state index in [0.29, 0.717) is 18.0 Å². The Labute approximate surface area is 104 Å². The summed E-state index contributed by atoms with van der Waals surface area (Å²) in [6, 6.07) is 4.71. The number of carboxylic acids is 1. The number of ether oxygens (including phenoxy) is 1. The van der Waals surface area contributed by atoms with Gasteiger partial charge in [-0.3, -0.25) is 0 Å². The van der Waals surface area contributed by atoms with Crippen LogP contribution in [0.5, 0.6) is 5.75 Å². The quantitative estimate of drug-likeness (QED) is 0.800. The molecule has 0 atom stereocenters. The van der Waals surface area contributed by atoms with Gasteiger partial charge < -0.3 is 15.6 Å². The van der Waals surface area contributed by atoms with Crippen LogP contribution < -0.4 is 10.5 Å². The molecule has 0 aliphatic carbocycles. The molecule has 0 saturated carbocycles. The Bertz CT molecular complexity index is 578. The Kier molecular flexibility index (Phi) is 3.18. The number of carboxylic acid groups (broad SMARTS) is 1. The van der Waals surface area contributed by atoms with Gasteiger partial charge in [-0.2, -0.15) is 5.10 Å². The minimum absolute atomic E-state index is 0.0564. The van der Waals surface area contributed by atoms with Gasteiger partial charge in [0.2, 0.25) is 0 Å². The average Bonchev–Trinajstić information content (AvgIpc) is 2.78.